The lowest BCUT2D eigenvalue weighted by molar-refractivity contribution is -0.163. The van der Waals surface area contributed by atoms with E-state index in [0.717, 1.165) is 25.7 Å². The quantitative estimate of drug-likeness (QED) is 0.838. The zero-order valence-corrected chi connectivity index (χ0v) is 15.9. The van der Waals surface area contributed by atoms with Crippen molar-refractivity contribution in [1.29, 1.82) is 0 Å². The molecule has 2 rings (SSSR count). The van der Waals surface area contributed by atoms with Gasteiger partial charge in [-0.3, -0.25) is 14.5 Å². The van der Waals surface area contributed by atoms with Crippen molar-refractivity contribution in [3.63, 3.8) is 0 Å². The van der Waals surface area contributed by atoms with Crippen molar-refractivity contribution in [2.75, 3.05) is 6.61 Å². The van der Waals surface area contributed by atoms with Crippen molar-refractivity contribution in [1.82, 2.24) is 10.2 Å². The lowest BCUT2D eigenvalue weighted by Gasteiger charge is -2.43. The Balaban J connectivity index is 2.23. The molecule has 2 amide bonds. The van der Waals surface area contributed by atoms with Crippen LogP contribution in [0.1, 0.15) is 73.1 Å². The smallest absolute Gasteiger partial charge is 0.245 e. The number of rotatable bonds is 5. The summed E-state index contributed by atoms with van der Waals surface area (Å²) in [5.41, 5.74) is -0.568. The van der Waals surface area contributed by atoms with Gasteiger partial charge >= 0.3 is 0 Å². The Morgan fingerprint density at radius 2 is 2.04 bits per heavy atom. The van der Waals surface area contributed by atoms with Gasteiger partial charge < -0.3 is 10.1 Å². The maximum absolute atomic E-state index is 13.0. The second-order valence-electron chi connectivity index (χ2n) is 8.15. The monoisotopic (exact) mass is 338 g/mol. The molecule has 4 atom stereocenters. The lowest BCUT2D eigenvalue weighted by Crippen LogP contribution is -2.57. The molecular weight excluding hydrogens is 304 g/mol. The molecule has 1 aliphatic carbocycles. The molecule has 0 aromatic rings. The van der Waals surface area contributed by atoms with E-state index in [2.05, 4.69) is 12.2 Å². The van der Waals surface area contributed by atoms with E-state index in [1.807, 2.05) is 27.7 Å². The highest BCUT2D eigenvalue weighted by Gasteiger charge is 2.53. The summed E-state index contributed by atoms with van der Waals surface area (Å²) in [6.07, 6.45) is 5.24. The number of carbonyl (C=O) groups is 2. The predicted molar refractivity (Wildman–Crippen MR) is 94.3 cm³/mol. The summed E-state index contributed by atoms with van der Waals surface area (Å²) in [6, 6.07) is -0.378. The van der Waals surface area contributed by atoms with Crippen LogP contribution in [-0.4, -0.2) is 41.1 Å². The predicted octanol–water partition coefficient (Wildman–Crippen LogP) is 3.08. The minimum Gasteiger partial charge on any atom is -0.353 e. The molecule has 5 nitrogen and oxygen atoms in total. The van der Waals surface area contributed by atoms with Crippen LogP contribution in [0.5, 0.6) is 0 Å². The zero-order valence-electron chi connectivity index (χ0n) is 15.9. The van der Waals surface area contributed by atoms with Crippen LogP contribution in [-0.2, 0) is 14.3 Å². The molecule has 0 aromatic carbocycles. The third-order valence-electron chi connectivity index (χ3n) is 5.35. The van der Waals surface area contributed by atoms with Crippen molar-refractivity contribution in [2.45, 2.75) is 91.0 Å². The first-order chi connectivity index (χ1) is 11.3. The summed E-state index contributed by atoms with van der Waals surface area (Å²) in [7, 11) is 0. The van der Waals surface area contributed by atoms with Crippen LogP contribution in [0.25, 0.3) is 0 Å². The molecule has 1 saturated heterocycles. The molecule has 24 heavy (non-hydrogen) atoms. The zero-order chi connectivity index (χ0) is 17.9. The first-order valence-electron chi connectivity index (χ1n) is 9.55. The second-order valence-corrected chi connectivity index (χ2v) is 8.15. The van der Waals surface area contributed by atoms with Crippen LogP contribution < -0.4 is 5.32 Å². The van der Waals surface area contributed by atoms with Gasteiger partial charge in [0.2, 0.25) is 11.8 Å². The Labute approximate surface area is 146 Å². The van der Waals surface area contributed by atoms with E-state index >= 15 is 0 Å². The van der Waals surface area contributed by atoms with Crippen LogP contribution in [0.3, 0.4) is 0 Å². The van der Waals surface area contributed by atoms with Gasteiger partial charge in [0.05, 0.1) is 6.61 Å². The molecule has 1 aliphatic heterocycles. The highest BCUT2D eigenvalue weighted by atomic mass is 16.5. The number of hydrogen-bond donors (Lipinski definition) is 1. The average molecular weight is 338 g/mol. The van der Waals surface area contributed by atoms with Gasteiger partial charge in [-0.05, 0) is 44.4 Å². The van der Waals surface area contributed by atoms with Gasteiger partial charge in [-0.2, -0.15) is 0 Å². The standard InChI is InChI=1S/C19H34N2O3/c1-6-15(5)20-18(23)16-12-24-19(9-7-8-14(4)11-19)21(16)17(22)10-13(2)3/h13-16H,6-12H2,1-5H3,(H,20,23)/t14-,15+,16-,19-/m0/s1. The highest BCUT2D eigenvalue weighted by molar-refractivity contribution is 5.89. The number of hydrogen-bond acceptors (Lipinski definition) is 3. The van der Waals surface area contributed by atoms with E-state index in [-0.39, 0.29) is 23.8 Å². The number of nitrogens with one attached hydrogen (secondary N) is 1. The van der Waals surface area contributed by atoms with E-state index < -0.39 is 11.8 Å². The fraction of sp³-hybridized carbons (Fsp3) is 0.895. The third-order valence-corrected chi connectivity index (χ3v) is 5.35. The molecule has 0 radical (unpaired) electrons. The molecule has 0 aromatic heterocycles. The van der Waals surface area contributed by atoms with Gasteiger partial charge in [0.25, 0.3) is 0 Å². The van der Waals surface area contributed by atoms with Gasteiger partial charge in [-0.25, -0.2) is 0 Å². The molecular formula is C19H34N2O3. The summed E-state index contributed by atoms with van der Waals surface area (Å²) in [6.45, 7) is 10.6. The number of ether oxygens (including phenoxy) is 1. The molecule has 2 aliphatic rings. The molecule has 1 heterocycles. The second kappa shape index (κ2) is 7.85. The third kappa shape index (κ3) is 4.11. The van der Waals surface area contributed by atoms with Gasteiger partial charge in [0.15, 0.2) is 0 Å². The summed E-state index contributed by atoms with van der Waals surface area (Å²) in [4.78, 5) is 27.5. The Kier molecular flexibility index (Phi) is 6.29. The molecule has 0 unspecified atom stereocenters. The SMILES string of the molecule is CC[C@@H](C)NC(=O)[C@@H]1CO[C@]2(CCC[C@H](C)C2)N1C(=O)CC(C)C. The van der Waals surface area contributed by atoms with Gasteiger partial charge in [0.1, 0.15) is 11.8 Å². The van der Waals surface area contributed by atoms with Crippen molar-refractivity contribution in [3.8, 4) is 0 Å². The van der Waals surface area contributed by atoms with E-state index in [0.29, 0.717) is 18.9 Å². The number of carbonyl (C=O) groups excluding carboxylic acids is 2. The maximum atomic E-state index is 13.0. The minimum atomic E-state index is -0.568. The summed E-state index contributed by atoms with van der Waals surface area (Å²) in [5.74, 6) is 0.774. The van der Waals surface area contributed by atoms with Crippen LogP contribution in [0, 0.1) is 11.8 Å². The van der Waals surface area contributed by atoms with E-state index in [1.54, 1.807) is 4.90 Å². The summed E-state index contributed by atoms with van der Waals surface area (Å²) < 4.78 is 6.16. The molecule has 1 N–H and O–H groups in total. The fourth-order valence-corrected chi connectivity index (χ4v) is 3.97. The highest BCUT2D eigenvalue weighted by Crippen LogP contribution is 2.43. The van der Waals surface area contributed by atoms with Crippen LogP contribution in [0.4, 0.5) is 0 Å². The molecule has 2 fully saturated rings. The van der Waals surface area contributed by atoms with Crippen molar-refractivity contribution in [2.24, 2.45) is 11.8 Å². The van der Waals surface area contributed by atoms with Crippen LogP contribution in [0.2, 0.25) is 0 Å². The van der Waals surface area contributed by atoms with Gasteiger partial charge in [-0.15, -0.1) is 0 Å². The molecule has 1 saturated carbocycles. The Bertz CT molecular complexity index is 466. The summed E-state index contributed by atoms with van der Waals surface area (Å²) in [5, 5.41) is 3.03. The van der Waals surface area contributed by atoms with E-state index in [4.69, 9.17) is 4.74 Å². The van der Waals surface area contributed by atoms with Crippen molar-refractivity contribution in [3.05, 3.63) is 0 Å². The van der Waals surface area contributed by atoms with Crippen molar-refractivity contribution >= 4 is 11.8 Å². The first kappa shape index (κ1) is 19.2. The summed E-state index contributed by atoms with van der Waals surface area (Å²) >= 11 is 0. The van der Waals surface area contributed by atoms with Crippen LogP contribution in [0.15, 0.2) is 0 Å². The fourth-order valence-electron chi connectivity index (χ4n) is 3.97. The van der Waals surface area contributed by atoms with Gasteiger partial charge in [-0.1, -0.05) is 34.1 Å². The minimum absolute atomic E-state index is 0.0564. The lowest BCUT2D eigenvalue weighted by atomic mass is 9.83. The van der Waals surface area contributed by atoms with Crippen molar-refractivity contribution < 1.29 is 14.3 Å². The maximum Gasteiger partial charge on any atom is 0.245 e. The molecule has 138 valence electrons. The van der Waals surface area contributed by atoms with E-state index in [9.17, 15) is 9.59 Å². The molecule has 5 heteroatoms. The molecule has 0 bridgehead atoms. The van der Waals surface area contributed by atoms with E-state index in [1.165, 1.54) is 6.42 Å². The Morgan fingerprint density at radius 3 is 2.62 bits per heavy atom. The van der Waals surface area contributed by atoms with Crippen LogP contribution >= 0.6 is 0 Å². The normalized spacial score (nSPS) is 31.5. The average Bonchev–Trinajstić information content (AvgIpc) is 2.84. The van der Waals surface area contributed by atoms with Gasteiger partial charge in [0, 0.05) is 12.5 Å². The Hall–Kier alpha value is -1.10. The number of nitrogens with zero attached hydrogens (tertiary/aromatic N) is 1. The Morgan fingerprint density at radius 1 is 1.33 bits per heavy atom. The topological polar surface area (TPSA) is 58.6 Å². The number of amides is 2. The largest absolute Gasteiger partial charge is 0.353 e. The molecule has 1 spiro atoms. The first-order valence-corrected chi connectivity index (χ1v) is 9.55.